The zero-order valence-corrected chi connectivity index (χ0v) is 15.5. The molecule has 5 heteroatoms. The molecule has 0 aliphatic carbocycles. The topological polar surface area (TPSA) is 42.3 Å². The van der Waals surface area contributed by atoms with E-state index in [0.717, 1.165) is 46.7 Å². The summed E-state index contributed by atoms with van der Waals surface area (Å²) < 4.78 is 1.60. The number of thiazole rings is 1. The Hall–Kier alpha value is -2.66. The minimum atomic E-state index is -0.0955. The van der Waals surface area contributed by atoms with Crippen molar-refractivity contribution in [1.82, 2.24) is 4.57 Å². The Morgan fingerprint density at radius 3 is 2.73 bits per heavy atom. The molecule has 3 aromatic rings. The molecular weight excluding hydrogens is 344 g/mol. The summed E-state index contributed by atoms with van der Waals surface area (Å²) in [6.45, 7) is 2.79. The number of hydrogen-bond acceptors (Lipinski definition) is 3. The summed E-state index contributed by atoms with van der Waals surface area (Å²) in [5.74, 6) is -0.0347. The number of para-hydroxylation sites is 1. The van der Waals surface area contributed by atoms with Crippen molar-refractivity contribution >= 4 is 22.9 Å². The summed E-state index contributed by atoms with van der Waals surface area (Å²) in [6, 6.07) is 16.0. The number of carbonyl (C=O) groups is 1. The highest BCUT2D eigenvalue weighted by atomic mass is 32.1. The second kappa shape index (κ2) is 6.92. The Kier molecular flexibility index (Phi) is 4.47. The van der Waals surface area contributed by atoms with Crippen LogP contribution in [0, 0.1) is 6.92 Å². The fourth-order valence-electron chi connectivity index (χ4n) is 3.56. The maximum Gasteiger partial charge on any atom is 0.308 e. The molecule has 0 atom stereocenters. The van der Waals surface area contributed by atoms with Crippen LogP contribution in [0.3, 0.4) is 0 Å². The van der Waals surface area contributed by atoms with Crippen molar-refractivity contribution in [1.29, 1.82) is 0 Å². The van der Waals surface area contributed by atoms with Crippen LogP contribution in [0.2, 0.25) is 0 Å². The van der Waals surface area contributed by atoms with Gasteiger partial charge in [-0.05, 0) is 37.0 Å². The predicted molar refractivity (Wildman–Crippen MR) is 106 cm³/mol. The lowest BCUT2D eigenvalue weighted by molar-refractivity contribution is -0.119. The summed E-state index contributed by atoms with van der Waals surface area (Å²) in [7, 11) is 0. The van der Waals surface area contributed by atoms with Gasteiger partial charge in [-0.25, -0.2) is 0 Å². The van der Waals surface area contributed by atoms with Crippen molar-refractivity contribution in [2.45, 2.75) is 26.3 Å². The molecule has 0 bridgehead atoms. The number of amides is 1. The van der Waals surface area contributed by atoms with Gasteiger partial charge in [0.2, 0.25) is 5.91 Å². The molecule has 1 aliphatic heterocycles. The third kappa shape index (κ3) is 2.99. The Bertz CT molecular complexity index is 1020. The molecule has 0 radical (unpaired) electrons. The summed E-state index contributed by atoms with van der Waals surface area (Å²) in [5.41, 5.74) is 5.08. The standard InChI is InChI=1S/C21H20N2O2S/c1-15-7-2-4-10-17(15)19-14-26-21(25)23(19)13-20(24)22-12-6-9-16-8-3-5-11-18(16)22/h2-5,7-8,10-11,14H,6,9,12-13H2,1H3. The highest BCUT2D eigenvalue weighted by molar-refractivity contribution is 7.07. The molecule has 1 amide bonds. The summed E-state index contributed by atoms with van der Waals surface area (Å²) in [6.07, 6.45) is 1.94. The van der Waals surface area contributed by atoms with E-state index in [4.69, 9.17) is 0 Å². The van der Waals surface area contributed by atoms with Crippen LogP contribution in [0.15, 0.2) is 58.7 Å². The number of benzene rings is 2. The van der Waals surface area contributed by atoms with Crippen LogP contribution in [0.4, 0.5) is 5.69 Å². The monoisotopic (exact) mass is 364 g/mol. The number of rotatable bonds is 3. The van der Waals surface area contributed by atoms with E-state index in [1.165, 1.54) is 5.56 Å². The maximum atomic E-state index is 13.0. The largest absolute Gasteiger partial charge is 0.311 e. The van der Waals surface area contributed by atoms with Gasteiger partial charge in [0.25, 0.3) is 0 Å². The number of aryl methyl sites for hydroxylation is 2. The highest BCUT2D eigenvalue weighted by Crippen LogP contribution is 2.28. The molecule has 1 aliphatic rings. The van der Waals surface area contributed by atoms with Gasteiger partial charge in [-0.1, -0.05) is 53.8 Å². The van der Waals surface area contributed by atoms with Crippen LogP contribution in [0.25, 0.3) is 11.3 Å². The van der Waals surface area contributed by atoms with Crippen molar-refractivity contribution in [3.63, 3.8) is 0 Å². The summed E-state index contributed by atoms with van der Waals surface area (Å²) in [4.78, 5) is 27.1. The van der Waals surface area contributed by atoms with Crippen LogP contribution in [0.1, 0.15) is 17.5 Å². The fourth-order valence-corrected chi connectivity index (χ4v) is 4.32. The van der Waals surface area contributed by atoms with E-state index in [9.17, 15) is 9.59 Å². The van der Waals surface area contributed by atoms with E-state index in [2.05, 4.69) is 6.07 Å². The number of anilines is 1. The smallest absolute Gasteiger partial charge is 0.308 e. The molecular formula is C21H20N2O2S. The van der Waals surface area contributed by atoms with Crippen LogP contribution < -0.4 is 9.77 Å². The first-order chi connectivity index (χ1) is 12.6. The molecule has 2 aromatic carbocycles. The van der Waals surface area contributed by atoms with E-state index >= 15 is 0 Å². The lowest BCUT2D eigenvalue weighted by atomic mass is 10.0. The van der Waals surface area contributed by atoms with Crippen molar-refractivity contribution in [3.8, 4) is 11.3 Å². The van der Waals surface area contributed by atoms with Gasteiger partial charge in [0, 0.05) is 23.2 Å². The number of carbonyl (C=O) groups excluding carboxylic acids is 1. The predicted octanol–water partition coefficient (Wildman–Crippen LogP) is 3.86. The van der Waals surface area contributed by atoms with Gasteiger partial charge < -0.3 is 4.90 Å². The van der Waals surface area contributed by atoms with Crippen LogP contribution in [0.5, 0.6) is 0 Å². The van der Waals surface area contributed by atoms with Gasteiger partial charge in [0.1, 0.15) is 6.54 Å². The summed E-state index contributed by atoms with van der Waals surface area (Å²) in [5, 5.41) is 1.85. The molecule has 2 heterocycles. The first-order valence-electron chi connectivity index (χ1n) is 8.78. The van der Waals surface area contributed by atoms with Crippen molar-refractivity contribution in [3.05, 3.63) is 74.7 Å². The molecule has 0 unspecified atom stereocenters. The van der Waals surface area contributed by atoms with Crippen LogP contribution >= 0.6 is 11.3 Å². The average Bonchev–Trinajstić information content (AvgIpc) is 3.02. The molecule has 0 saturated heterocycles. The lowest BCUT2D eigenvalue weighted by Crippen LogP contribution is -2.39. The van der Waals surface area contributed by atoms with Crippen molar-refractivity contribution in [2.24, 2.45) is 0 Å². The quantitative estimate of drug-likeness (QED) is 0.708. The second-order valence-electron chi connectivity index (χ2n) is 6.57. The molecule has 0 saturated carbocycles. The average molecular weight is 364 g/mol. The molecule has 4 rings (SSSR count). The molecule has 1 aromatic heterocycles. The maximum absolute atomic E-state index is 13.0. The van der Waals surface area contributed by atoms with Crippen molar-refractivity contribution < 1.29 is 4.79 Å². The molecule has 26 heavy (non-hydrogen) atoms. The lowest BCUT2D eigenvalue weighted by Gasteiger charge is -2.29. The molecule has 4 nitrogen and oxygen atoms in total. The number of aromatic nitrogens is 1. The first kappa shape index (κ1) is 16.8. The van der Waals surface area contributed by atoms with Crippen molar-refractivity contribution in [2.75, 3.05) is 11.4 Å². The first-order valence-corrected chi connectivity index (χ1v) is 9.66. The third-order valence-electron chi connectivity index (χ3n) is 4.91. The Morgan fingerprint density at radius 1 is 1.12 bits per heavy atom. The molecule has 0 N–H and O–H groups in total. The van der Waals surface area contributed by atoms with E-state index in [0.29, 0.717) is 6.54 Å². The Balaban J connectivity index is 1.67. The van der Waals surface area contributed by atoms with Gasteiger partial charge in [-0.15, -0.1) is 0 Å². The van der Waals surface area contributed by atoms with E-state index in [-0.39, 0.29) is 17.3 Å². The zero-order valence-electron chi connectivity index (χ0n) is 14.6. The van der Waals surface area contributed by atoms with Gasteiger partial charge in [0.05, 0.1) is 5.69 Å². The zero-order chi connectivity index (χ0) is 18.1. The fraction of sp³-hybridized carbons (Fsp3) is 0.238. The third-order valence-corrected chi connectivity index (χ3v) is 5.67. The highest BCUT2D eigenvalue weighted by Gasteiger charge is 2.24. The minimum Gasteiger partial charge on any atom is -0.311 e. The van der Waals surface area contributed by atoms with Crippen LogP contribution in [-0.2, 0) is 17.8 Å². The van der Waals surface area contributed by atoms with E-state index in [1.807, 2.05) is 59.7 Å². The number of nitrogens with zero attached hydrogens (tertiary/aromatic N) is 2. The second-order valence-corrected chi connectivity index (χ2v) is 7.39. The molecule has 132 valence electrons. The van der Waals surface area contributed by atoms with Gasteiger partial charge in [0.15, 0.2) is 0 Å². The van der Waals surface area contributed by atoms with Gasteiger partial charge in [-0.3, -0.25) is 14.2 Å². The summed E-state index contributed by atoms with van der Waals surface area (Å²) >= 11 is 1.15. The number of hydrogen-bond donors (Lipinski definition) is 0. The van der Waals surface area contributed by atoms with E-state index < -0.39 is 0 Å². The molecule has 0 fully saturated rings. The van der Waals surface area contributed by atoms with Crippen LogP contribution in [-0.4, -0.2) is 17.0 Å². The SMILES string of the molecule is Cc1ccccc1-c1csc(=O)n1CC(=O)N1CCCc2ccccc21. The Labute approximate surface area is 156 Å². The van der Waals surface area contributed by atoms with Gasteiger partial charge >= 0.3 is 4.87 Å². The Morgan fingerprint density at radius 2 is 1.88 bits per heavy atom. The van der Waals surface area contributed by atoms with E-state index in [1.54, 1.807) is 4.57 Å². The molecule has 0 spiro atoms. The normalized spacial score (nSPS) is 13.5. The number of fused-ring (bicyclic) bond motifs is 1. The van der Waals surface area contributed by atoms with Gasteiger partial charge in [-0.2, -0.15) is 0 Å². The minimum absolute atomic E-state index is 0.0347.